The minimum absolute atomic E-state index is 0.0688. The van der Waals surface area contributed by atoms with Gasteiger partial charge in [-0.2, -0.15) is 13.2 Å². The molecule has 0 atom stereocenters. The van der Waals surface area contributed by atoms with Gasteiger partial charge in [-0.05, 0) is 61.5 Å². The Hall–Kier alpha value is -3.79. The summed E-state index contributed by atoms with van der Waals surface area (Å²) in [6, 6.07) is 11.2. The van der Waals surface area contributed by atoms with Gasteiger partial charge in [0.1, 0.15) is 23.9 Å². The van der Waals surface area contributed by atoms with E-state index in [1.807, 2.05) is 13.0 Å². The first-order valence-corrected chi connectivity index (χ1v) is 10.5. The van der Waals surface area contributed by atoms with E-state index in [-0.39, 0.29) is 24.6 Å². The number of halogens is 3. The van der Waals surface area contributed by atoms with Gasteiger partial charge in [0.05, 0.1) is 11.3 Å². The van der Waals surface area contributed by atoms with E-state index in [1.54, 1.807) is 43.7 Å². The van der Waals surface area contributed by atoms with Crippen LogP contribution >= 0.6 is 0 Å². The molecule has 0 bridgehead atoms. The van der Waals surface area contributed by atoms with Crippen molar-refractivity contribution in [2.24, 2.45) is 0 Å². The number of hydrogen-bond acceptors (Lipinski definition) is 5. The molecular formula is C24H25F3N4O3. The van der Waals surface area contributed by atoms with E-state index < -0.39 is 17.8 Å². The summed E-state index contributed by atoms with van der Waals surface area (Å²) in [5.41, 5.74) is 0.698. The summed E-state index contributed by atoms with van der Waals surface area (Å²) >= 11 is 0. The van der Waals surface area contributed by atoms with Gasteiger partial charge in [0.15, 0.2) is 0 Å². The maximum absolute atomic E-state index is 13.1. The second kappa shape index (κ2) is 11.4. The van der Waals surface area contributed by atoms with Crippen LogP contribution in [0.15, 0.2) is 60.9 Å². The molecule has 1 heterocycles. The molecule has 7 nitrogen and oxygen atoms in total. The van der Waals surface area contributed by atoms with Gasteiger partial charge in [-0.25, -0.2) is 4.79 Å². The van der Waals surface area contributed by atoms with Gasteiger partial charge in [0.2, 0.25) is 0 Å². The number of pyridine rings is 1. The number of nitrogens with zero attached hydrogens (tertiary/aromatic N) is 1. The van der Waals surface area contributed by atoms with E-state index in [0.717, 1.165) is 23.3 Å². The third kappa shape index (κ3) is 7.11. The van der Waals surface area contributed by atoms with Crippen LogP contribution in [0.1, 0.15) is 16.7 Å². The SMILES string of the molecule is CNCCOc1ccc(C(F)(F)F)cc1NC(=O)NCc1ccc(Oc2ccncc2)c(C)c1. The number of ether oxygens (including phenoxy) is 2. The number of carbonyl (C=O) groups excluding carboxylic acids is 1. The summed E-state index contributed by atoms with van der Waals surface area (Å²) < 4.78 is 50.7. The fourth-order valence-corrected chi connectivity index (χ4v) is 3.01. The number of nitrogens with one attached hydrogen (secondary N) is 3. The molecule has 0 spiro atoms. The average Bonchev–Trinajstić information content (AvgIpc) is 2.80. The Balaban J connectivity index is 1.64. The summed E-state index contributed by atoms with van der Waals surface area (Å²) in [5.74, 6) is 1.45. The lowest BCUT2D eigenvalue weighted by Crippen LogP contribution is -2.28. The number of urea groups is 1. The highest BCUT2D eigenvalue weighted by atomic mass is 19.4. The zero-order valence-electron chi connectivity index (χ0n) is 18.7. The van der Waals surface area contributed by atoms with Crippen molar-refractivity contribution in [3.63, 3.8) is 0 Å². The average molecular weight is 474 g/mol. The molecule has 2 aromatic carbocycles. The van der Waals surface area contributed by atoms with Gasteiger partial charge < -0.3 is 25.4 Å². The molecule has 0 fully saturated rings. The monoisotopic (exact) mass is 474 g/mol. The molecular weight excluding hydrogens is 449 g/mol. The number of carbonyl (C=O) groups is 1. The first-order chi connectivity index (χ1) is 16.3. The first kappa shape index (κ1) is 24.8. The van der Waals surface area contributed by atoms with Crippen molar-refractivity contribution in [1.29, 1.82) is 0 Å². The number of benzene rings is 2. The molecule has 0 aliphatic heterocycles. The molecule has 0 unspecified atom stereocenters. The van der Waals surface area contributed by atoms with Crippen LogP contribution in [0.3, 0.4) is 0 Å². The van der Waals surface area contributed by atoms with Gasteiger partial charge in [-0.15, -0.1) is 0 Å². The van der Waals surface area contributed by atoms with Gasteiger partial charge >= 0.3 is 12.2 Å². The Morgan fingerprint density at radius 3 is 2.44 bits per heavy atom. The highest BCUT2D eigenvalue weighted by Gasteiger charge is 2.31. The maximum atomic E-state index is 13.1. The van der Waals surface area contributed by atoms with Crippen LogP contribution in [-0.4, -0.2) is 31.2 Å². The number of anilines is 1. The zero-order valence-corrected chi connectivity index (χ0v) is 18.7. The number of aryl methyl sites for hydroxylation is 1. The van der Waals surface area contributed by atoms with Crippen molar-refractivity contribution < 1.29 is 27.4 Å². The van der Waals surface area contributed by atoms with E-state index in [2.05, 4.69) is 20.9 Å². The molecule has 0 saturated heterocycles. The fourth-order valence-electron chi connectivity index (χ4n) is 3.01. The molecule has 10 heteroatoms. The lowest BCUT2D eigenvalue weighted by atomic mass is 10.1. The Morgan fingerprint density at radius 2 is 1.76 bits per heavy atom. The van der Waals surface area contributed by atoms with Crippen molar-refractivity contribution >= 4 is 11.7 Å². The van der Waals surface area contributed by atoms with E-state index in [4.69, 9.17) is 9.47 Å². The number of amides is 2. The Bertz CT molecular complexity index is 1110. The number of alkyl halides is 3. The standard InChI is InChI=1S/C24H25F3N4O3/c1-16-13-17(3-5-21(16)34-19-7-9-29-10-8-19)15-30-23(32)31-20-14-18(24(25,26)27)4-6-22(20)33-12-11-28-2/h3-10,13-14,28H,11-12,15H2,1-2H3,(H2,30,31,32). The van der Waals surface area contributed by atoms with Crippen LogP contribution in [0.4, 0.5) is 23.7 Å². The first-order valence-electron chi connectivity index (χ1n) is 10.5. The van der Waals surface area contributed by atoms with Crippen LogP contribution in [-0.2, 0) is 12.7 Å². The number of aromatic nitrogens is 1. The summed E-state index contributed by atoms with van der Waals surface area (Å²) in [4.78, 5) is 16.4. The number of likely N-dealkylation sites (N-methyl/N-ethyl adjacent to an activating group) is 1. The van der Waals surface area contributed by atoms with Gasteiger partial charge in [0.25, 0.3) is 0 Å². The van der Waals surface area contributed by atoms with E-state index in [0.29, 0.717) is 18.0 Å². The molecule has 180 valence electrons. The molecule has 34 heavy (non-hydrogen) atoms. The molecule has 0 aliphatic rings. The molecule has 0 radical (unpaired) electrons. The Kier molecular flexibility index (Phi) is 8.31. The van der Waals surface area contributed by atoms with E-state index in [1.165, 1.54) is 6.07 Å². The molecule has 0 aliphatic carbocycles. The minimum Gasteiger partial charge on any atom is -0.490 e. The third-order valence-electron chi connectivity index (χ3n) is 4.73. The van der Waals surface area contributed by atoms with Crippen molar-refractivity contribution in [2.45, 2.75) is 19.6 Å². The maximum Gasteiger partial charge on any atom is 0.416 e. The normalized spacial score (nSPS) is 11.1. The predicted octanol–water partition coefficient (Wildman–Crippen LogP) is 5.12. The molecule has 0 saturated carbocycles. The van der Waals surface area contributed by atoms with E-state index in [9.17, 15) is 18.0 Å². The van der Waals surface area contributed by atoms with Gasteiger partial charge in [-0.3, -0.25) is 4.98 Å². The highest BCUT2D eigenvalue weighted by Crippen LogP contribution is 2.35. The van der Waals surface area contributed by atoms with Crippen LogP contribution in [0.25, 0.3) is 0 Å². The molecule has 3 rings (SSSR count). The third-order valence-corrected chi connectivity index (χ3v) is 4.73. The second-order valence-electron chi connectivity index (χ2n) is 7.35. The second-order valence-corrected chi connectivity index (χ2v) is 7.35. The van der Waals surface area contributed by atoms with E-state index >= 15 is 0 Å². The lowest BCUT2D eigenvalue weighted by Gasteiger charge is -2.16. The van der Waals surface area contributed by atoms with Crippen molar-refractivity contribution in [3.8, 4) is 17.2 Å². The predicted molar refractivity (Wildman–Crippen MR) is 122 cm³/mol. The smallest absolute Gasteiger partial charge is 0.416 e. The highest BCUT2D eigenvalue weighted by molar-refractivity contribution is 5.91. The zero-order chi connectivity index (χ0) is 24.6. The van der Waals surface area contributed by atoms with Crippen molar-refractivity contribution in [2.75, 3.05) is 25.5 Å². The molecule has 3 N–H and O–H groups in total. The summed E-state index contributed by atoms with van der Waals surface area (Å²) in [6.45, 7) is 2.76. The number of rotatable bonds is 9. The van der Waals surface area contributed by atoms with Crippen LogP contribution < -0.4 is 25.4 Å². The minimum atomic E-state index is -4.55. The van der Waals surface area contributed by atoms with Crippen molar-refractivity contribution in [1.82, 2.24) is 15.6 Å². The molecule has 3 aromatic rings. The van der Waals surface area contributed by atoms with Crippen LogP contribution in [0.2, 0.25) is 0 Å². The molecule has 1 aromatic heterocycles. The largest absolute Gasteiger partial charge is 0.490 e. The summed E-state index contributed by atoms with van der Waals surface area (Å²) in [6.07, 6.45) is -1.29. The summed E-state index contributed by atoms with van der Waals surface area (Å²) in [7, 11) is 1.72. The quantitative estimate of drug-likeness (QED) is 0.375. The topological polar surface area (TPSA) is 84.5 Å². The fraction of sp³-hybridized carbons (Fsp3) is 0.250. The molecule has 2 amide bonds. The summed E-state index contributed by atoms with van der Waals surface area (Å²) in [5, 5.41) is 7.98. The Labute approximate surface area is 195 Å². The Morgan fingerprint density at radius 1 is 1.03 bits per heavy atom. The van der Waals surface area contributed by atoms with Gasteiger partial charge in [0, 0.05) is 25.5 Å². The van der Waals surface area contributed by atoms with Crippen molar-refractivity contribution in [3.05, 3.63) is 77.6 Å². The van der Waals surface area contributed by atoms with Crippen LogP contribution in [0, 0.1) is 6.92 Å². The van der Waals surface area contributed by atoms with Gasteiger partial charge in [-0.1, -0.05) is 12.1 Å². The lowest BCUT2D eigenvalue weighted by molar-refractivity contribution is -0.137. The van der Waals surface area contributed by atoms with Crippen LogP contribution in [0.5, 0.6) is 17.2 Å². The number of hydrogen-bond donors (Lipinski definition) is 3.